The molecule has 3 aromatic rings. The van der Waals surface area contributed by atoms with Crippen molar-refractivity contribution in [1.82, 2.24) is 24.9 Å². The van der Waals surface area contributed by atoms with E-state index >= 15 is 0 Å². The minimum atomic E-state index is -4.46. The molecule has 33 heavy (non-hydrogen) atoms. The van der Waals surface area contributed by atoms with Gasteiger partial charge in [-0.15, -0.1) is 0 Å². The highest BCUT2D eigenvalue weighted by Gasteiger charge is 2.70. The van der Waals surface area contributed by atoms with E-state index < -0.39 is 11.7 Å². The Bertz CT molecular complexity index is 1170. The Hall–Kier alpha value is -3.43. The number of carbonyl (C=O) groups is 1. The fraction of sp³-hybridized carbons (Fsp3) is 0.391. The number of hydrogen-bond acceptors (Lipinski definition) is 5. The second kappa shape index (κ2) is 7.57. The fourth-order valence-corrected chi connectivity index (χ4v) is 5.26. The molecule has 10 heteroatoms. The van der Waals surface area contributed by atoms with Crippen molar-refractivity contribution in [3.05, 3.63) is 66.1 Å². The SMILES string of the molecule is CCC12CC(Oc3ccc(C(F)(F)F)cn3)C1N(C(=O)c1ccccc1-n1nccn1)C2C. The Balaban J connectivity index is 1.39. The number of carbonyl (C=O) groups excluding carboxylic acids is 1. The Morgan fingerprint density at radius 2 is 1.91 bits per heavy atom. The smallest absolute Gasteiger partial charge is 0.417 e. The number of benzene rings is 1. The van der Waals surface area contributed by atoms with E-state index in [1.807, 2.05) is 17.9 Å². The summed E-state index contributed by atoms with van der Waals surface area (Å²) in [6.45, 7) is 4.11. The van der Waals surface area contributed by atoms with Gasteiger partial charge in [0.1, 0.15) is 6.10 Å². The zero-order valence-corrected chi connectivity index (χ0v) is 18.0. The lowest BCUT2D eigenvalue weighted by atomic mass is 9.49. The predicted molar refractivity (Wildman–Crippen MR) is 112 cm³/mol. The van der Waals surface area contributed by atoms with E-state index in [1.165, 1.54) is 10.9 Å². The minimum absolute atomic E-state index is 0.000878. The van der Waals surface area contributed by atoms with E-state index in [4.69, 9.17) is 4.74 Å². The van der Waals surface area contributed by atoms with Gasteiger partial charge in [-0.2, -0.15) is 28.2 Å². The van der Waals surface area contributed by atoms with Crippen molar-refractivity contribution in [3.8, 4) is 11.6 Å². The van der Waals surface area contributed by atoms with E-state index in [2.05, 4.69) is 22.1 Å². The molecule has 2 aromatic heterocycles. The van der Waals surface area contributed by atoms with Crippen LogP contribution in [0, 0.1) is 5.41 Å². The van der Waals surface area contributed by atoms with Gasteiger partial charge in [0.2, 0.25) is 5.88 Å². The first-order chi connectivity index (χ1) is 15.8. The summed E-state index contributed by atoms with van der Waals surface area (Å²) < 4.78 is 44.4. The molecule has 1 aliphatic carbocycles. The molecule has 1 aromatic carbocycles. The van der Waals surface area contributed by atoms with Crippen molar-refractivity contribution in [3.63, 3.8) is 0 Å². The van der Waals surface area contributed by atoms with Crippen LogP contribution in [0.2, 0.25) is 0 Å². The van der Waals surface area contributed by atoms with Crippen molar-refractivity contribution < 1.29 is 22.7 Å². The second-order valence-electron chi connectivity index (χ2n) is 8.50. The van der Waals surface area contributed by atoms with Gasteiger partial charge in [0.05, 0.1) is 35.2 Å². The average Bonchev–Trinajstić information content (AvgIpc) is 3.33. The van der Waals surface area contributed by atoms with Crippen LogP contribution in [0.3, 0.4) is 0 Å². The minimum Gasteiger partial charge on any atom is -0.472 e. The number of amides is 1. The number of alkyl halides is 3. The van der Waals surface area contributed by atoms with E-state index in [-0.39, 0.29) is 35.4 Å². The van der Waals surface area contributed by atoms with Crippen molar-refractivity contribution >= 4 is 5.91 Å². The normalized spacial score (nSPS) is 26.2. The summed E-state index contributed by atoms with van der Waals surface area (Å²) in [6.07, 6.45) is 0.633. The van der Waals surface area contributed by atoms with Crippen molar-refractivity contribution in [1.29, 1.82) is 0 Å². The van der Waals surface area contributed by atoms with Crippen LogP contribution in [0.1, 0.15) is 42.6 Å². The molecule has 7 nitrogen and oxygen atoms in total. The molecule has 172 valence electrons. The number of likely N-dealkylation sites (tertiary alicyclic amines) is 1. The van der Waals surface area contributed by atoms with E-state index in [0.717, 1.165) is 18.7 Å². The highest BCUT2D eigenvalue weighted by Crippen LogP contribution is 2.61. The third-order valence-corrected chi connectivity index (χ3v) is 7.07. The monoisotopic (exact) mass is 457 g/mol. The molecule has 5 rings (SSSR count). The van der Waals surface area contributed by atoms with Gasteiger partial charge in [-0.3, -0.25) is 4.79 Å². The summed E-state index contributed by atoms with van der Waals surface area (Å²) in [4.78, 5) is 20.7. The van der Waals surface area contributed by atoms with Crippen LogP contribution in [0.25, 0.3) is 5.69 Å². The molecule has 2 aliphatic rings. The van der Waals surface area contributed by atoms with Gasteiger partial charge >= 0.3 is 6.18 Å². The molecule has 1 saturated heterocycles. The van der Waals surface area contributed by atoms with Crippen molar-refractivity contribution in [2.75, 3.05) is 0 Å². The zero-order chi connectivity index (χ0) is 23.4. The first-order valence-electron chi connectivity index (χ1n) is 10.7. The van der Waals surface area contributed by atoms with Crippen LogP contribution in [-0.2, 0) is 6.18 Å². The summed E-state index contributed by atoms with van der Waals surface area (Å²) in [7, 11) is 0. The Morgan fingerprint density at radius 3 is 2.55 bits per heavy atom. The average molecular weight is 457 g/mol. The number of piperidine rings is 1. The molecule has 2 fully saturated rings. The third kappa shape index (κ3) is 3.27. The summed E-state index contributed by atoms with van der Waals surface area (Å²) in [5.74, 6) is -0.0380. The number of para-hydroxylation sites is 1. The predicted octanol–water partition coefficient (Wildman–Crippen LogP) is 4.14. The molecule has 3 heterocycles. The maximum atomic E-state index is 13.6. The lowest BCUT2D eigenvalue weighted by Crippen LogP contribution is -2.83. The standard InChI is InChI=1S/C23H22F3N5O2/c1-3-22-12-18(33-19-9-8-15(13-27-19)23(24,25)26)20(22)30(14(22)2)21(32)16-6-4-5-7-17(16)31-28-10-11-29-31/h4-11,13-14,18,20H,3,12H2,1-2H3. The molecule has 4 unspecified atom stereocenters. The molecule has 0 radical (unpaired) electrons. The molecule has 1 saturated carbocycles. The van der Waals surface area contributed by atoms with Gasteiger partial charge in [-0.1, -0.05) is 19.1 Å². The maximum Gasteiger partial charge on any atom is 0.417 e. The largest absolute Gasteiger partial charge is 0.472 e. The van der Waals surface area contributed by atoms with Gasteiger partial charge in [0.25, 0.3) is 5.91 Å². The summed E-state index contributed by atoms with van der Waals surface area (Å²) in [6, 6.07) is 9.12. The zero-order valence-electron chi connectivity index (χ0n) is 18.0. The van der Waals surface area contributed by atoms with Crippen LogP contribution in [-0.4, -0.2) is 49.0 Å². The number of aromatic nitrogens is 4. The molecular weight excluding hydrogens is 435 g/mol. The highest BCUT2D eigenvalue weighted by atomic mass is 19.4. The van der Waals surface area contributed by atoms with E-state index in [1.54, 1.807) is 30.6 Å². The lowest BCUT2D eigenvalue weighted by molar-refractivity contribution is -0.230. The number of rotatable bonds is 5. The number of hydrogen-bond donors (Lipinski definition) is 0. The number of fused-ring (bicyclic) bond motifs is 1. The number of pyridine rings is 1. The second-order valence-corrected chi connectivity index (χ2v) is 8.50. The van der Waals surface area contributed by atoms with Crippen LogP contribution in [0.15, 0.2) is 55.0 Å². The summed E-state index contributed by atoms with van der Waals surface area (Å²) in [5, 5.41) is 8.29. The molecule has 0 N–H and O–H groups in total. The molecule has 1 aliphatic heterocycles. The quantitative estimate of drug-likeness (QED) is 0.576. The van der Waals surface area contributed by atoms with Crippen LogP contribution in [0.5, 0.6) is 5.88 Å². The number of ether oxygens (including phenoxy) is 1. The maximum absolute atomic E-state index is 13.6. The lowest BCUT2D eigenvalue weighted by Gasteiger charge is -2.72. The van der Waals surface area contributed by atoms with E-state index in [9.17, 15) is 18.0 Å². The van der Waals surface area contributed by atoms with Crippen LogP contribution >= 0.6 is 0 Å². The Labute approximate surface area is 188 Å². The topological polar surface area (TPSA) is 73.1 Å². The third-order valence-electron chi connectivity index (χ3n) is 7.07. The molecule has 1 amide bonds. The number of halogens is 3. The highest BCUT2D eigenvalue weighted by molar-refractivity contribution is 5.99. The fourth-order valence-electron chi connectivity index (χ4n) is 5.26. The summed E-state index contributed by atoms with van der Waals surface area (Å²) >= 11 is 0. The Morgan fingerprint density at radius 1 is 1.18 bits per heavy atom. The van der Waals surface area contributed by atoms with Gasteiger partial charge in [-0.05, 0) is 38.0 Å². The molecule has 4 atom stereocenters. The van der Waals surface area contributed by atoms with Crippen molar-refractivity contribution in [2.45, 2.75) is 51.1 Å². The first kappa shape index (κ1) is 21.4. The Kier molecular flexibility index (Phi) is 4.91. The molecular formula is C23H22F3N5O2. The first-order valence-corrected chi connectivity index (χ1v) is 10.7. The molecule has 0 spiro atoms. The number of nitrogens with zero attached hydrogens (tertiary/aromatic N) is 5. The van der Waals surface area contributed by atoms with Crippen LogP contribution < -0.4 is 4.74 Å². The van der Waals surface area contributed by atoms with E-state index in [0.29, 0.717) is 17.7 Å². The molecule has 0 bridgehead atoms. The van der Waals surface area contributed by atoms with Gasteiger partial charge in [0.15, 0.2) is 0 Å². The van der Waals surface area contributed by atoms with Crippen LogP contribution in [0.4, 0.5) is 13.2 Å². The van der Waals surface area contributed by atoms with Gasteiger partial charge in [-0.25, -0.2) is 4.98 Å². The van der Waals surface area contributed by atoms with Gasteiger partial charge in [0, 0.05) is 23.7 Å². The van der Waals surface area contributed by atoms with Gasteiger partial charge < -0.3 is 9.64 Å². The summed E-state index contributed by atoms with van der Waals surface area (Å²) in [5.41, 5.74) is 0.147. The van der Waals surface area contributed by atoms with Crippen molar-refractivity contribution in [2.24, 2.45) is 5.41 Å².